The average Bonchev–Trinajstić information content (AvgIpc) is 2.46. The summed E-state index contributed by atoms with van der Waals surface area (Å²) in [5.41, 5.74) is 5.50. The summed E-state index contributed by atoms with van der Waals surface area (Å²) >= 11 is 0. The van der Waals surface area contributed by atoms with Gasteiger partial charge in [-0.1, -0.05) is 0 Å². The standard InChI is InChI=1S/C19H28N2.2BrH/c1-16-8-12-20(14-18(16)3)10-6-5-7-11-21-13-9-17(2)19(4)15-21;;/h8-9,12-15H,5-7,10-11H2,1-4H3;2*1H/q+2;;/p-2. The average molecular weight is 444 g/mol. The van der Waals surface area contributed by atoms with E-state index >= 15 is 0 Å². The van der Waals surface area contributed by atoms with E-state index in [1.54, 1.807) is 0 Å². The Bertz CT molecular complexity index is 559. The normalized spacial score (nSPS) is 9.91. The maximum atomic E-state index is 2.31. The molecule has 0 fully saturated rings. The highest BCUT2D eigenvalue weighted by atomic mass is 79.9. The lowest BCUT2D eigenvalue weighted by atomic mass is 10.1. The molecule has 0 aromatic carbocycles. The summed E-state index contributed by atoms with van der Waals surface area (Å²) in [4.78, 5) is 0. The van der Waals surface area contributed by atoms with Crippen LogP contribution in [0.4, 0.5) is 0 Å². The second kappa shape index (κ2) is 10.9. The van der Waals surface area contributed by atoms with Gasteiger partial charge in [-0.05, 0) is 45.2 Å². The van der Waals surface area contributed by atoms with E-state index in [9.17, 15) is 0 Å². The van der Waals surface area contributed by atoms with Crippen molar-refractivity contribution >= 4 is 0 Å². The molecule has 2 aromatic heterocycles. The van der Waals surface area contributed by atoms with Crippen molar-refractivity contribution in [1.29, 1.82) is 0 Å². The van der Waals surface area contributed by atoms with E-state index in [1.807, 2.05) is 0 Å². The number of rotatable bonds is 6. The molecule has 0 spiro atoms. The summed E-state index contributed by atoms with van der Waals surface area (Å²) in [6.45, 7) is 10.9. The number of aryl methyl sites for hydroxylation is 6. The van der Waals surface area contributed by atoms with Crippen LogP contribution in [0.2, 0.25) is 0 Å². The molecular formula is C19H28Br2N2. The van der Waals surface area contributed by atoms with Gasteiger partial charge in [0.15, 0.2) is 24.8 Å². The highest BCUT2D eigenvalue weighted by Gasteiger charge is 2.05. The first-order valence-electron chi connectivity index (χ1n) is 7.99. The van der Waals surface area contributed by atoms with Crippen molar-refractivity contribution in [2.75, 3.05) is 0 Å². The first kappa shape index (κ1) is 22.3. The van der Waals surface area contributed by atoms with E-state index in [2.05, 4.69) is 73.7 Å². The van der Waals surface area contributed by atoms with Gasteiger partial charge in [0.1, 0.15) is 13.1 Å². The second-order valence-corrected chi connectivity index (χ2v) is 6.16. The van der Waals surface area contributed by atoms with Crippen LogP contribution in [0, 0.1) is 27.7 Å². The van der Waals surface area contributed by atoms with Gasteiger partial charge < -0.3 is 34.0 Å². The summed E-state index contributed by atoms with van der Waals surface area (Å²) in [6, 6.07) is 4.42. The molecule has 0 aliphatic carbocycles. The Kier molecular flexibility index (Phi) is 10.6. The lowest BCUT2D eigenvalue weighted by Gasteiger charge is -2.02. The van der Waals surface area contributed by atoms with E-state index in [0.29, 0.717) is 0 Å². The molecule has 0 aliphatic rings. The van der Waals surface area contributed by atoms with Crippen LogP contribution in [-0.4, -0.2) is 0 Å². The molecule has 4 heteroatoms. The zero-order valence-corrected chi connectivity index (χ0v) is 17.8. The number of hydrogen-bond donors (Lipinski definition) is 0. The molecule has 0 atom stereocenters. The first-order chi connectivity index (χ1) is 10.1. The minimum Gasteiger partial charge on any atom is -1.00 e. The topological polar surface area (TPSA) is 7.76 Å². The Morgan fingerprint density at radius 2 is 1.00 bits per heavy atom. The molecule has 0 aliphatic heterocycles. The molecule has 0 bridgehead atoms. The van der Waals surface area contributed by atoms with Gasteiger partial charge in [-0.3, -0.25) is 0 Å². The minimum atomic E-state index is 0. The number of halogens is 2. The number of hydrogen-bond acceptors (Lipinski definition) is 0. The summed E-state index contributed by atoms with van der Waals surface area (Å²) in [5.74, 6) is 0. The zero-order chi connectivity index (χ0) is 15.2. The van der Waals surface area contributed by atoms with Gasteiger partial charge in [-0.2, -0.15) is 0 Å². The molecule has 2 aromatic rings. The smallest absolute Gasteiger partial charge is 0.171 e. The van der Waals surface area contributed by atoms with Crippen LogP contribution in [0.5, 0.6) is 0 Å². The molecule has 0 amide bonds. The van der Waals surface area contributed by atoms with E-state index in [4.69, 9.17) is 0 Å². The monoisotopic (exact) mass is 442 g/mol. The summed E-state index contributed by atoms with van der Waals surface area (Å²) < 4.78 is 4.62. The third kappa shape index (κ3) is 7.13. The Balaban J connectivity index is 0.00000242. The number of unbranched alkanes of at least 4 members (excludes halogenated alkanes) is 2. The van der Waals surface area contributed by atoms with E-state index in [0.717, 1.165) is 13.1 Å². The fourth-order valence-electron chi connectivity index (χ4n) is 2.51. The van der Waals surface area contributed by atoms with Crippen LogP contribution < -0.4 is 43.1 Å². The van der Waals surface area contributed by atoms with E-state index in [-0.39, 0.29) is 34.0 Å². The Morgan fingerprint density at radius 3 is 1.35 bits per heavy atom. The third-order valence-corrected chi connectivity index (χ3v) is 4.33. The van der Waals surface area contributed by atoms with Crippen molar-refractivity contribution in [1.82, 2.24) is 0 Å². The van der Waals surface area contributed by atoms with Crippen LogP contribution in [0.1, 0.15) is 41.5 Å². The van der Waals surface area contributed by atoms with Crippen molar-refractivity contribution < 1.29 is 43.1 Å². The molecule has 2 nitrogen and oxygen atoms in total. The highest BCUT2D eigenvalue weighted by molar-refractivity contribution is 5.17. The largest absolute Gasteiger partial charge is 1.00 e. The molecule has 0 unspecified atom stereocenters. The van der Waals surface area contributed by atoms with Crippen LogP contribution in [0.3, 0.4) is 0 Å². The maximum absolute atomic E-state index is 2.31. The first-order valence-corrected chi connectivity index (χ1v) is 7.99. The Hall–Kier alpha value is -0.740. The van der Waals surface area contributed by atoms with Crippen LogP contribution in [0.25, 0.3) is 0 Å². The molecule has 128 valence electrons. The molecule has 0 saturated carbocycles. The minimum absolute atomic E-state index is 0. The van der Waals surface area contributed by atoms with Crippen molar-refractivity contribution in [3.05, 3.63) is 59.2 Å². The van der Waals surface area contributed by atoms with Crippen molar-refractivity contribution in [2.24, 2.45) is 0 Å². The molecule has 0 radical (unpaired) electrons. The van der Waals surface area contributed by atoms with Gasteiger partial charge in [0.25, 0.3) is 0 Å². The van der Waals surface area contributed by atoms with Crippen molar-refractivity contribution in [3.8, 4) is 0 Å². The van der Waals surface area contributed by atoms with Gasteiger partial charge in [-0.25, -0.2) is 9.13 Å². The van der Waals surface area contributed by atoms with Gasteiger partial charge >= 0.3 is 0 Å². The predicted molar refractivity (Wildman–Crippen MR) is 86.1 cm³/mol. The zero-order valence-electron chi connectivity index (χ0n) is 14.6. The number of aromatic nitrogens is 2. The fourth-order valence-corrected chi connectivity index (χ4v) is 2.51. The molecule has 0 N–H and O–H groups in total. The molecular weight excluding hydrogens is 416 g/mol. The van der Waals surface area contributed by atoms with Gasteiger partial charge in [0.2, 0.25) is 0 Å². The summed E-state index contributed by atoms with van der Waals surface area (Å²) in [6.07, 6.45) is 12.7. The van der Waals surface area contributed by atoms with E-state index in [1.165, 1.54) is 41.5 Å². The van der Waals surface area contributed by atoms with Gasteiger partial charge in [-0.15, -0.1) is 0 Å². The molecule has 2 heterocycles. The van der Waals surface area contributed by atoms with Crippen LogP contribution in [-0.2, 0) is 13.1 Å². The molecule has 0 saturated heterocycles. The quantitative estimate of drug-likeness (QED) is 0.341. The second-order valence-electron chi connectivity index (χ2n) is 6.16. The fraction of sp³-hybridized carbons (Fsp3) is 0.474. The molecule has 23 heavy (non-hydrogen) atoms. The lowest BCUT2D eigenvalue weighted by molar-refractivity contribution is -0.701. The van der Waals surface area contributed by atoms with Crippen LogP contribution >= 0.6 is 0 Å². The summed E-state index contributed by atoms with van der Waals surface area (Å²) in [5, 5.41) is 0. The SMILES string of the molecule is Cc1cc[n+](CCCCC[n+]2ccc(C)c(C)c2)cc1C.[Br-].[Br-]. The Morgan fingerprint density at radius 1 is 0.609 bits per heavy atom. The van der Waals surface area contributed by atoms with Gasteiger partial charge in [0.05, 0.1) is 0 Å². The van der Waals surface area contributed by atoms with E-state index < -0.39 is 0 Å². The predicted octanol–water partition coefficient (Wildman–Crippen LogP) is -2.63. The molecule has 2 rings (SSSR count). The van der Waals surface area contributed by atoms with Crippen molar-refractivity contribution in [2.45, 2.75) is 60.0 Å². The van der Waals surface area contributed by atoms with Crippen LogP contribution in [0.15, 0.2) is 36.9 Å². The highest BCUT2D eigenvalue weighted by Crippen LogP contribution is 2.03. The maximum Gasteiger partial charge on any atom is 0.171 e. The number of nitrogens with zero attached hydrogens (tertiary/aromatic N) is 2. The number of pyridine rings is 2. The lowest BCUT2D eigenvalue weighted by Crippen LogP contribution is -3.00. The van der Waals surface area contributed by atoms with Gasteiger partial charge in [0, 0.05) is 36.1 Å². The Labute approximate surface area is 162 Å². The van der Waals surface area contributed by atoms with Crippen molar-refractivity contribution in [3.63, 3.8) is 0 Å². The third-order valence-electron chi connectivity index (χ3n) is 4.33. The summed E-state index contributed by atoms with van der Waals surface area (Å²) in [7, 11) is 0.